The van der Waals surface area contributed by atoms with Gasteiger partial charge in [0.15, 0.2) is 5.69 Å². The van der Waals surface area contributed by atoms with Gasteiger partial charge in [0.1, 0.15) is 5.82 Å². The molecular formula is C20H26FN5O. The molecule has 0 bridgehead atoms. The van der Waals surface area contributed by atoms with Gasteiger partial charge in [-0.05, 0) is 43.4 Å². The number of likely N-dealkylation sites (tertiary alicyclic amines) is 1. The molecule has 4 rings (SSSR count). The van der Waals surface area contributed by atoms with Crippen molar-refractivity contribution in [1.82, 2.24) is 25.6 Å². The summed E-state index contributed by atoms with van der Waals surface area (Å²) in [5, 5.41) is 13.0. The highest BCUT2D eigenvalue weighted by atomic mass is 19.1. The Labute approximate surface area is 158 Å². The maximum absolute atomic E-state index is 13.8. The van der Waals surface area contributed by atoms with E-state index < -0.39 is 0 Å². The summed E-state index contributed by atoms with van der Waals surface area (Å²) in [6.07, 6.45) is 7.94. The van der Waals surface area contributed by atoms with E-state index >= 15 is 0 Å². The minimum atomic E-state index is -0.172. The summed E-state index contributed by atoms with van der Waals surface area (Å²) in [6, 6.07) is 7.32. The molecule has 0 atom stereocenters. The molecule has 1 saturated heterocycles. The Balaban J connectivity index is 1.35. The van der Waals surface area contributed by atoms with Crippen molar-refractivity contribution in [2.24, 2.45) is 0 Å². The van der Waals surface area contributed by atoms with Crippen molar-refractivity contribution in [1.29, 1.82) is 0 Å². The highest BCUT2D eigenvalue weighted by Gasteiger charge is 2.38. The summed E-state index contributed by atoms with van der Waals surface area (Å²) in [6.45, 7) is 2.86. The molecule has 2 N–H and O–H groups in total. The smallest absolute Gasteiger partial charge is 0.273 e. The largest absolute Gasteiger partial charge is 0.348 e. The standard InChI is InChI=1S/C20H26FN5O/c21-16-5-3-4-15(12-16)20(8-1-2-9-20)14-26-10-6-17(7-11-26)23-19(27)18-13-22-25-24-18/h3-5,12-13,17H,1-2,6-11,14H2,(H,23,27)(H,22,24,25). The lowest BCUT2D eigenvalue weighted by Gasteiger charge is -2.39. The lowest BCUT2D eigenvalue weighted by Crippen LogP contribution is -2.48. The Bertz CT molecular complexity index is 764. The normalized spacial score (nSPS) is 20.6. The Morgan fingerprint density at radius 3 is 2.74 bits per heavy atom. The first-order valence-corrected chi connectivity index (χ1v) is 9.80. The monoisotopic (exact) mass is 371 g/mol. The van der Waals surface area contributed by atoms with Crippen molar-refractivity contribution >= 4 is 5.91 Å². The first-order chi connectivity index (χ1) is 13.1. The van der Waals surface area contributed by atoms with E-state index in [2.05, 4.69) is 31.7 Å². The molecular weight excluding hydrogens is 345 g/mol. The first-order valence-electron chi connectivity index (χ1n) is 9.80. The molecule has 0 unspecified atom stereocenters. The van der Waals surface area contributed by atoms with Crippen LogP contribution in [0.5, 0.6) is 0 Å². The van der Waals surface area contributed by atoms with E-state index in [1.807, 2.05) is 6.07 Å². The number of nitrogens with zero attached hydrogens (tertiary/aromatic N) is 3. The van der Waals surface area contributed by atoms with E-state index in [0.717, 1.165) is 50.9 Å². The summed E-state index contributed by atoms with van der Waals surface area (Å²) < 4.78 is 13.8. The number of amides is 1. The third-order valence-electron chi connectivity index (χ3n) is 6.09. The third kappa shape index (κ3) is 4.03. The Morgan fingerprint density at radius 2 is 2.07 bits per heavy atom. The number of piperidine rings is 1. The van der Waals surface area contributed by atoms with Crippen LogP contribution < -0.4 is 5.32 Å². The van der Waals surface area contributed by atoms with Gasteiger partial charge in [-0.2, -0.15) is 15.4 Å². The van der Waals surface area contributed by atoms with Crippen LogP contribution in [0.2, 0.25) is 0 Å². The predicted octanol–water partition coefficient (Wildman–Crippen LogP) is 2.65. The highest BCUT2D eigenvalue weighted by molar-refractivity contribution is 5.91. The molecule has 2 aromatic rings. The van der Waals surface area contributed by atoms with Gasteiger partial charge < -0.3 is 10.2 Å². The average Bonchev–Trinajstić information content (AvgIpc) is 3.36. The molecule has 0 spiro atoms. The van der Waals surface area contributed by atoms with Crippen molar-refractivity contribution in [2.75, 3.05) is 19.6 Å². The van der Waals surface area contributed by atoms with Crippen LogP contribution in [-0.2, 0) is 5.41 Å². The summed E-state index contributed by atoms with van der Waals surface area (Å²) in [4.78, 5) is 14.6. The van der Waals surface area contributed by atoms with Crippen LogP contribution in [0.4, 0.5) is 4.39 Å². The van der Waals surface area contributed by atoms with Gasteiger partial charge in [0.05, 0.1) is 6.20 Å². The fourth-order valence-corrected chi connectivity index (χ4v) is 4.64. The Hall–Kier alpha value is -2.28. The minimum Gasteiger partial charge on any atom is -0.348 e. The molecule has 2 heterocycles. The van der Waals surface area contributed by atoms with Gasteiger partial charge >= 0.3 is 0 Å². The maximum atomic E-state index is 13.8. The molecule has 0 radical (unpaired) electrons. The van der Waals surface area contributed by atoms with Crippen LogP contribution >= 0.6 is 0 Å². The molecule has 1 aliphatic carbocycles. The van der Waals surface area contributed by atoms with Crippen molar-refractivity contribution in [3.63, 3.8) is 0 Å². The van der Waals surface area contributed by atoms with E-state index in [-0.39, 0.29) is 23.2 Å². The minimum absolute atomic E-state index is 0.0684. The van der Waals surface area contributed by atoms with Gasteiger partial charge in [-0.15, -0.1) is 0 Å². The molecule has 1 amide bonds. The van der Waals surface area contributed by atoms with Gasteiger partial charge in [0, 0.05) is 31.1 Å². The van der Waals surface area contributed by atoms with Gasteiger partial charge in [-0.25, -0.2) is 4.39 Å². The van der Waals surface area contributed by atoms with E-state index in [1.165, 1.54) is 25.1 Å². The molecule has 2 fully saturated rings. The molecule has 1 aliphatic heterocycles. The average molecular weight is 371 g/mol. The van der Waals surface area contributed by atoms with E-state index in [0.29, 0.717) is 5.69 Å². The van der Waals surface area contributed by atoms with E-state index in [4.69, 9.17) is 0 Å². The molecule has 27 heavy (non-hydrogen) atoms. The van der Waals surface area contributed by atoms with Gasteiger partial charge in [-0.1, -0.05) is 25.0 Å². The number of carbonyl (C=O) groups excluding carboxylic acids is 1. The quantitative estimate of drug-likeness (QED) is 0.847. The SMILES string of the molecule is O=C(NC1CCN(CC2(c3cccc(F)c3)CCCC2)CC1)c1cn[nH]n1. The first kappa shape index (κ1) is 18.1. The molecule has 7 heteroatoms. The van der Waals surface area contributed by atoms with Crippen LogP contribution in [0.15, 0.2) is 30.5 Å². The summed E-state index contributed by atoms with van der Waals surface area (Å²) in [5.74, 6) is -0.317. The Kier molecular flexibility index (Phi) is 5.20. The summed E-state index contributed by atoms with van der Waals surface area (Å²) in [7, 11) is 0. The van der Waals surface area contributed by atoms with Crippen LogP contribution in [-0.4, -0.2) is 51.9 Å². The van der Waals surface area contributed by atoms with Crippen LogP contribution in [0.3, 0.4) is 0 Å². The lowest BCUT2D eigenvalue weighted by atomic mass is 9.78. The van der Waals surface area contributed by atoms with Crippen molar-refractivity contribution < 1.29 is 9.18 Å². The molecule has 1 aromatic heterocycles. The van der Waals surface area contributed by atoms with Crippen molar-refractivity contribution in [3.05, 3.63) is 47.5 Å². The van der Waals surface area contributed by atoms with Gasteiger partial charge in [0.2, 0.25) is 0 Å². The second-order valence-corrected chi connectivity index (χ2v) is 7.88. The fraction of sp³-hybridized carbons (Fsp3) is 0.550. The lowest BCUT2D eigenvalue weighted by molar-refractivity contribution is 0.0896. The number of nitrogens with one attached hydrogen (secondary N) is 2. The molecule has 6 nitrogen and oxygen atoms in total. The third-order valence-corrected chi connectivity index (χ3v) is 6.09. The number of aromatic nitrogens is 3. The number of H-pyrrole nitrogens is 1. The van der Waals surface area contributed by atoms with Crippen LogP contribution in [0.1, 0.15) is 54.6 Å². The highest BCUT2D eigenvalue weighted by Crippen LogP contribution is 2.42. The number of hydrogen-bond donors (Lipinski definition) is 2. The number of benzene rings is 1. The van der Waals surface area contributed by atoms with E-state index in [9.17, 15) is 9.18 Å². The summed E-state index contributed by atoms with van der Waals surface area (Å²) >= 11 is 0. The number of rotatable bonds is 5. The number of halogens is 1. The van der Waals surface area contributed by atoms with Crippen molar-refractivity contribution in [2.45, 2.75) is 50.0 Å². The van der Waals surface area contributed by atoms with Crippen LogP contribution in [0, 0.1) is 5.82 Å². The number of aromatic amines is 1. The zero-order valence-corrected chi connectivity index (χ0v) is 15.5. The second kappa shape index (κ2) is 7.76. The number of carbonyl (C=O) groups is 1. The fourth-order valence-electron chi connectivity index (χ4n) is 4.64. The molecule has 144 valence electrons. The molecule has 1 aromatic carbocycles. The van der Waals surface area contributed by atoms with Gasteiger partial charge in [-0.3, -0.25) is 4.79 Å². The molecule has 2 aliphatic rings. The predicted molar refractivity (Wildman–Crippen MR) is 99.9 cm³/mol. The van der Waals surface area contributed by atoms with Crippen molar-refractivity contribution in [3.8, 4) is 0 Å². The molecule has 1 saturated carbocycles. The zero-order chi connectivity index (χ0) is 18.7. The van der Waals surface area contributed by atoms with Crippen LogP contribution in [0.25, 0.3) is 0 Å². The summed E-state index contributed by atoms with van der Waals surface area (Å²) in [5.41, 5.74) is 1.54. The maximum Gasteiger partial charge on any atom is 0.273 e. The number of hydrogen-bond acceptors (Lipinski definition) is 4. The zero-order valence-electron chi connectivity index (χ0n) is 15.5. The topological polar surface area (TPSA) is 73.9 Å². The van der Waals surface area contributed by atoms with E-state index in [1.54, 1.807) is 6.07 Å². The van der Waals surface area contributed by atoms with Gasteiger partial charge in [0.25, 0.3) is 5.91 Å². The Morgan fingerprint density at radius 1 is 1.30 bits per heavy atom. The second-order valence-electron chi connectivity index (χ2n) is 7.88.